The zero-order chi connectivity index (χ0) is 24.4. The van der Waals surface area contributed by atoms with Crippen LogP contribution in [0.4, 0.5) is 0 Å². The Hall–Kier alpha value is -2.00. The third kappa shape index (κ3) is 9.70. The molecule has 1 aromatic rings. The second kappa shape index (κ2) is 17.4. The highest BCUT2D eigenvalue weighted by Gasteiger charge is 2.24. The van der Waals surface area contributed by atoms with Crippen molar-refractivity contribution in [2.24, 2.45) is 11.8 Å². The van der Waals surface area contributed by atoms with Crippen molar-refractivity contribution in [3.8, 4) is 17.9 Å². The molecule has 0 bridgehead atoms. The molecule has 0 radical (unpaired) electrons. The third-order valence-electron chi connectivity index (χ3n) is 7.75. The molecule has 0 aliphatic heterocycles. The normalized spacial score (nSPS) is 17.8. The van der Waals surface area contributed by atoms with Gasteiger partial charge >= 0.3 is 0 Å². The van der Waals surface area contributed by atoms with Gasteiger partial charge in [0.1, 0.15) is 23.5 Å². The molecule has 2 unspecified atom stereocenters. The summed E-state index contributed by atoms with van der Waals surface area (Å²) in [6.45, 7) is 5.13. The van der Waals surface area contributed by atoms with E-state index in [1.807, 2.05) is 12.1 Å². The molecular weight excluding hydrogens is 416 g/mol. The Balaban J connectivity index is 1.82. The zero-order valence-corrected chi connectivity index (χ0v) is 22.0. The summed E-state index contributed by atoms with van der Waals surface area (Å²) in [6.07, 6.45) is 22.9. The van der Waals surface area contributed by atoms with E-state index >= 15 is 0 Å². The van der Waals surface area contributed by atoms with Crippen LogP contribution in [0.25, 0.3) is 0 Å². The Bertz CT molecular complexity index is 773. The van der Waals surface area contributed by atoms with Gasteiger partial charge in [0.25, 0.3) is 0 Å². The van der Waals surface area contributed by atoms with Crippen molar-refractivity contribution >= 4 is 0 Å². The van der Waals surface area contributed by atoms with Crippen molar-refractivity contribution in [3.05, 3.63) is 28.8 Å². The number of benzene rings is 1. The molecule has 0 aromatic heterocycles. The van der Waals surface area contributed by atoms with Crippen LogP contribution in [-0.2, 0) is 6.42 Å². The molecule has 2 rings (SSSR count). The van der Waals surface area contributed by atoms with Gasteiger partial charge in [0.15, 0.2) is 0 Å². The Morgan fingerprint density at radius 3 is 1.94 bits per heavy atom. The molecule has 1 aliphatic carbocycles. The van der Waals surface area contributed by atoms with E-state index in [2.05, 4.69) is 26.0 Å². The minimum absolute atomic E-state index is 0.427. The lowest BCUT2D eigenvalue weighted by atomic mass is 9.74. The first kappa shape index (κ1) is 28.2. The number of nitriles is 2. The smallest absolute Gasteiger partial charge is 0.138 e. The molecule has 1 aliphatic rings. The van der Waals surface area contributed by atoms with Crippen molar-refractivity contribution < 1.29 is 4.74 Å². The highest BCUT2D eigenvalue weighted by atomic mass is 16.5. The van der Waals surface area contributed by atoms with Crippen molar-refractivity contribution in [3.63, 3.8) is 0 Å². The quantitative estimate of drug-likeness (QED) is 0.216. The number of aryl methyl sites for hydroxylation is 1. The number of ether oxygens (including phenoxy) is 1. The van der Waals surface area contributed by atoms with Crippen LogP contribution in [0.5, 0.6) is 5.75 Å². The average Bonchev–Trinajstić information content (AvgIpc) is 2.87. The molecular formula is C31H48N2O. The van der Waals surface area contributed by atoms with Gasteiger partial charge in [-0.3, -0.25) is 0 Å². The van der Waals surface area contributed by atoms with E-state index in [4.69, 9.17) is 4.74 Å². The molecule has 0 spiro atoms. The lowest BCUT2D eigenvalue weighted by molar-refractivity contribution is 0.190. The molecule has 1 aromatic carbocycles. The van der Waals surface area contributed by atoms with Gasteiger partial charge in [0, 0.05) is 0 Å². The van der Waals surface area contributed by atoms with Crippen LogP contribution in [0.3, 0.4) is 0 Å². The fraction of sp³-hybridized carbons (Fsp3) is 0.742. The number of unbranched alkanes of at least 4 members (excludes halogenated alkanes) is 8. The topological polar surface area (TPSA) is 56.8 Å². The number of nitrogens with zero attached hydrogens (tertiary/aromatic N) is 2. The molecule has 0 N–H and O–H groups in total. The van der Waals surface area contributed by atoms with Crippen LogP contribution >= 0.6 is 0 Å². The Morgan fingerprint density at radius 1 is 0.735 bits per heavy atom. The molecule has 2 atom stereocenters. The molecule has 1 saturated carbocycles. The summed E-state index contributed by atoms with van der Waals surface area (Å²) in [5.74, 6) is 2.32. The summed E-state index contributed by atoms with van der Waals surface area (Å²) in [5.41, 5.74) is 1.94. The first-order chi connectivity index (χ1) is 16.7. The van der Waals surface area contributed by atoms with Crippen LogP contribution < -0.4 is 4.74 Å². The molecule has 3 nitrogen and oxygen atoms in total. The van der Waals surface area contributed by atoms with Gasteiger partial charge in [-0.05, 0) is 49.1 Å². The standard InChI is InChI=1S/C31H48N2O/c1-3-5-7-9-11-16-26-17-13-14-18-27(26)20-15-23-34-31-22-21-28(19-12-10-8-6-4-2)29(24-32)30(31)25-33/h21-22,26-27H,3-20,23H2,1-2H3. The number of hydrogen-bond donors (Lipinski definition) is 0. The summed E-state index contributed by atoms with van der Waals surface area (Å²) >= 11 is 0. The van der Waals surface area contributed by atoms with E-state index in [1.165, 1.54) is 96.3 Å². The van der Waals surface area contributed by atoms with Crippen LogP contribution in [0.1, 0.15) is 140 Å². The molecule has 0 heterocycles. The Labute approximate surface area is 209 Å². The van der Waals surface area contributed by atoms with Gasteiger partial charge in [0.2, 0.25) is 0 Å². The van der Waals surface area contributed by atoms with Gasteiger partial charge in [0.05, 0.1) is 12.2 Å². The molecule has 188 valence electrons. The Kier molecular flexibility index (Phi) is 14.5. The van der Waals surface area contributed by atoms with E-state index in [1.54, 1.807) is 0 Å². The molecule has 0 saturated heterocycles. The first-order valence-electron chi connectivity index (χ1n) is 14.3. The second-order valence-corrected chi connectivity index (χ2v) is 10.4. The van der Waals surface area contributed by atoms with Crippen LogP contribution in [-0.4, -0.2) is 6.61 Å². The first-order valence-corrected chi connectivity index (χ1v) is 14.3. The van der Waals surface area contributed by atoms with Gasteiger partial charge in [-0.1, -0.05) is 110 Å². The lowest BCUT2D eigenvalue weighted by Gasteiger charge is -2.32. The van der Waals surface area contributed by atoms with Gasteiger partial charge in [-0.15, -0.1) is 0 Å². The third-order valence-corrected chi connectivity index (χ3v) is 7.75. The molecule has 34 heavy (non-hydrogen) atoms. The molecule has 3 heteroatoms. The molecule has 0 amide bonds. The van der Waals surface area contributed by atoms with Crippen molar-refractivity contribution in [1.82, 2.24) is 0 Å². The largest absolute Gasteiger partial charge is 0.492 e. The minimum atomic E-state index is 0.427. The van der Waals surface area contributed by atoms with Gasteiger partial charge in [-0.2, -0.15) is 10.5 Å². The van der Waals surface area contributed by atoms with E-state index in [0.717, 1.165) is 36.7 Å². The predicted octanol–water partition coefficient (Wildman–Crippen LogP) is 9.27. The highest BCUT2D eigenvalue weighted by Crippen LogP contribution is 2.36. The number of hydrogen-bond acceptors (Lipinski definition) is 3. The monoisotopic (exact) mass is 464 g/mol. The van der Waals surface area contributed by atoms with Crippen molar-refractivity contribution in [2.75, 3.05) is 6.61 Å². The maximum atomic E-state index is 9.75. The summed E-state index contributed by atoms with van der Waals surface area (Å²) in [5, 5.41) is 19.5. The highest BCUT2D eigenvalue weighted by molar-refractivity contribution is 5.57. The van der Waals surface area contributed by atoms with E-state index in [-0.39, 0.29) is 0 Å². The van der Waals surface area contributed by atoms with E-state index < -0.39 is 0 Å². The van der Waals surface area contributed by atoms with Gasteiger partial charge in [-0.25, -0.2) is 0 Å². The van der Waals surface area contributed by atoms with Crippen LogP contribution in [0.2, 0.25) is 0 Å². The molecule has 1 fully saturated rings. The van der Waals surface area contributed by atoms with E-state index in [9.17, 15) is 10.5 Å². The SMILES string of the molecule is CCCCCCCc1ccc(OCCCC2CCCCC2CCCCCCC)c(C#N)c1C#N. The summed E-state index contributed by atoms with van der Waals surface area (Å²) in [6, 6.07) is 8.46. The van der Waals surface area contributed by atoms with E-state index in [0.29, 0.717) is 23.5 Å². The summed E-state index contributed by atoms with van der Waals surface area (Å²) in [7, 11) is 0. The van der Waals surface area contributed by atoms with Gasteiger partial charge < -0.3 is 4.74 Å². The van der Waals surface area contributed by atoms with Crippen molar-refractivity contribution in [2.45, 2.75) is 129 Å². The fourth-order valence-electron chi connectivity index (χ4n) is 5.70. The minimum Gasteiger partial charge on any atom is -0.492 e. The average molecular weight is 465 g/mol. The zero-order valence-electron chi connectivity index (χ0n) is 22.0. The lowest BCUT2D eigenvalue weighted by Crippen LogP contribution is -2.20. The fourth-order valence-corrected chi connectivity index (χ4v) is 5.70. The van der Waals surface area contributed by atoms with Crippen LogP contribution in [0, 0.1) is 34.5 Å². The summed E-state index contributed by atoms with van der Waals surface area (Å²) < 4.78 is 6.06. The second-order valence-electron chi connectivity index (χ2n) is 10.4. The Morgan fingerprint density at radius 2 is 1.32 bits per heavy atom. The van der Waals surface area contributed by atoms with Crippen LogP contribution in [0.15, 0.2) is 12.1 Å². The van der Waals surface area contributed by atoms with Crippen molar-refractivity contribution in [1.29, 1.82) is 10.5 Å². The predicted molar refractivity (Wildman–Crippen MR) is 142 cm³/mol. The summed E-state index contributed by atoms with van der Waals surface area (Å²) in [4.78, 5) is 0. The maximum Gasteiger partial charge on any atom is 0.138 e. The number of rotatable bonds is 17. The maximum absolute atomic E-state index is 9.75.